The van der Waals surface area contributed by atoms with Crippen molar-refractivity contribution in [2.45, 2.75) is 19.4 Å². The van der Waals surface area contributed by atoms with Gasteiger partial charge in [0, 0.05) is 17.9 Å². The Morgan fingerprint density at radius 3 is 3.00 bits per heavy atom. The number of hydrogen-bond acceptors (Lipinski definition) is 3. The molecule has 1 aliphatic rings. The summed E-state index contributed by atoms with van der Waals surface area (Å²) in [5, 5.41) is 2.70. The summed E-state index contributed by atoms with van der Waals surface area (Å²) < 4.78 is 5.39. The number of alkyl halides is 1. The lowest BCUT2D eigenvalue weighted by molar-refractivity contribution is -0.122. The van der Waals surface area contributed by atoms with Gasteiger partial charge in [-0.15, -0.1) is 11.6 Å². The van der Waals surface area contributed by atoms with E-state index in [4.69, 9.17) is 16.3 Å². The van der Waals surface area contributed by atoms with Crippen LogP contribution < -0.4 is 10.1 Å². The third-order valence-electron chi connectivity index (χ3n) is 2.55. The lowest BCUT2D eigenvalue weighted by Gasteiger charge is -2.23. The van der Waals surface area contributed by atoms with E-state index in [2.05, 4.69) is 5.32 Å². The third kappa shape index (κ3) is 2.42. The van der Waals surface area contributed by atoms with Crippen molar-refractivity contribution < 1.29 is 14.3 Å². The van der Waals surface area contributed by atoms with Gasteiger partial charge in [0.2, 0.25) is 0 Å². The van der Waals surface area contributed by atoms with Gasteiger partial charge in [0.15, 0.2) is 11.9 Å². The molecule has 1 aromatic rings. The minimum Gasteiger partial charge on any atom is -0.479 e. The average Bonchev–Trinajstić information content (AvgIpc) is 2.30. The monoisotopic (exact) mass is 253 g/mol. The second kappa shape index (κ2) is 4.75. The summed E-state index contributed by atoms with van der Waals surface area (Å²) in [6.45, 7) is 1.67. The van der Waals surface area contributed by atoms with Gasteiger partial charge < -0.3 is 10.1 Å². The molecule has 1 N–H and O–H groups in total. The maximum absolute atomic E-state index is 11.6. The van der Waals surface area contributed by atoms with Gasteiger partial charge in [0.05, 0.1) is 5.69 Å². The molecule has 1 aromatic carbocycles. The molecule has 0 saturated heterocycles. The number of nitrogens with one attached hydrogen (secondary N) is 1. The third-order valence-corrected chi connectivity index (χ3v) is 2.74. The smallest absolute Gasteiger partial charge is 0.265 e. The van der Waals surface area contributed by atoms with Crippen LogP contribution in [-0.4, -0.2) is 23.7 Å². The molecule has 0 fully saturated rings. The first-order chi connectivity index (χ1) is 8.11. The molecule has 0 radical (unpaired) electrons. The number of benzene rings is 1. The van der Waals surface area contributed by atoms with Crippen molar-refractivity contribution in [3.05, 3.63) is 23.8 Å². The van der Waals surface area contributed by atoms with Gasteiger partial charge in [-0.05, 0) is 25.1 Å². The first-order valence-corrected chi connectivity index (χ1v) is 5.86. The number of carbonyl (C=O) groups excluding carboxylic acids is 2. The molecule has 0 spiro atoms. The first kappa shape index (κ1) is 11.9. The van der Waals surface area contributed by atoms with Gasteiger partial charge in [-0.1, -0.05) is 0 Å². The Bertz CT molecular complexity index is 473. The van der Waals surface area contributed by atoms with Crippen molar-refractivity contribution in [3.63, 3.8) is 0 Å². The molecule has 90 valence electrons. The van der Waals surface area contributed by atoms with Crippen LogP contribution in [0, 0.1) is 0 Å². The number of amides is 1. The number of hydrogen-bond donors (Lipinski definition) is 1. The molecule has 5 heteroatoms. The summed E-state index contributed by atoms with van der Waals surface area (Å²) in [6, 6.07) is 4.98. The Morgan fingerprint density at radius 2 is 2.29 bits per heavy atom. The van der Waals surface area contributed by atoms with Gasteiger partial charge in [0.25, 0.3) is 5.91 Å². The topological polar surface area (TPSA) is 55.4 Å². The number of halogens is 1. The number of carbonyl (C=O) groups is 2. The van der Waals surface area contributed by atoms with Gasteiger partial charge in [0.1, 0.15) is 5.75 Å². The molecule has 0 aliphatic carbocycles. The Balaban J connectivity index is 2.28. The minimum atomic E-state index is -0.508. The predicted molar refractivity (Wildman–Crippen MR) is 64.8 cm³/mol. The first-order valence-electron chi connectivity index (χ1n) is 5.32. The summed E-state index contributed by atoms with van der Waals surface area (Å²) in [4.78, 5) is 23.1. The zero-order chi connectivity index (χ0) is 12.4. The summed E-state index contributed by atoms with van der Waals surface area (Å²) >= 11 is 5.52. The molecule has 1 amide bonds. The fraction of sp³-hybridized carbons (Fsp3) is 0.333. The maximum Gasteiger partial charge on any atom is 0.265 e. The van der Waals surface area contributed by atoms with E-state index >= 15 is 0 Å². The zero-order valence-electron chi connectivity index (χ0n) is 9.33. The van der Waals surface area contributed by atoms with E-state index < -0.39 is 6.10 Å². The largest absolute Gasteiger partial charge is 0.479 e. The highest BCUT2D eigenvalue weighted by Crippen LogP contribution is 2.30. The second-order valence-electron chi connectivity index (χ2n) is 3.82. The summed E-state index contributed by atoms with van der Waals surface area (Å²) in [7, 11) is 0. The normalized spacial score (nSPS) is 18.0. The Hall–Kier alpha value is -1.55. The minimum absolute atomic E-state index is 0.0457. The fourth-order valence-corrected chi connectivity index (χ4v) is 1.78. The van der Waals surface area contributed by atoms with Gasteiger partial charge in [-0.25, -0.2) is 0 Å². The van der Waals surface area contributed by atoms with Gasteiger partial charge in [-0.2, -0.15) is 0 Å². The molecular weight excluding hydrogens is 242 g/mol. The van der Waals surface area contributed by atoms with E-state index in [1.54, 1.807) is 25.1 Å². The number of ketones is 1. The highest BCUT2D eigenvalue weighted by molar-refractivity contribution is 6.19. The molecule has 1 atom stereocenters. The van der Waals surface area contributed by atoms with Crippen LogP contribution in [0.2, 0.25) is 0 Å². The van der Waals surface area contributed by atoms with E-state index in [1.807, 2.05) is 0 Å². The molecule has 4 nitrogen and oxygen atoms in total. The van der Waals surface area contributed by atoms with E-state index in [0.717, 1.165) is 0 Å². The van der Waals surface area contributed by atoms with Crippen LogP contribution in [0.4, 0.5) is 5.69 Å². The van der Waals surface area contributed by atoms with E-state index in [1.165, 1.54) is 0 Å². The maximum atomic E-state index is 11.6. The van der Waals surface area contributed by atoms with Crippen molar-refractivity contribution in [2.24, 2.45) is 0 Å². The number of anilines is 1. The van der Waals surface area contributed by atoms with Crippen LogP contribution >= 0.6 is 11.6 Å². The lowest BCUT2D eigenvalue weighted by Crippen LogP contribution is -2.34. The molecule has 2 rings (SSSR count). The molecular formula is C12H12ClNO3. The molecule has 17 heavy (non-hydrogen) atoms. The average molecular weight is 254 g/mol. The van der Waals surface area contributed by atoms with Crippen LogP contribution in [0.15, 0.2) is 18.2 Å². The standard InChI is InChI=1S/C12H12ClNO3/c1-7-12(16)14-9-6-8(10(15)4-5-13)2-3-11(9)17-7/h2-3,6-7H,4-5H2,1H3,(H,14,16). The number of ether oxygens (including phenoxy) is 1. The molecule has 1 unspecified atom stereocenters. The second-order valence-corrected chi connectivity index (χ2v) is 4.20. The van der Waals surface area contributed by atoms with Crippen molar-refractivity contribution in [1.82, 2.24) is 0 Å². The zero-order valence-corrected chi connectivity index (χ0v) is 10.1. The van der Waals surface area contributed by atoms with Crippen molar-refractivity contribution in [1.29, 1.82) is 0 Å². The van der Waals surface area contributed by atoms with E-state index in [-0.39, 0.29) is 24.0 Å². The van der Waals surface area contributed by atoms with Crippen LogP contribution in [0.25, 0.3) is 0 Å². The van der Waals surface area contributed by atoms with Crippen LogP contribution in [0.3, 0.4) is 0 Å². The number of rotatable bonds is 3. The summed E-state index contributed by atoms with van der Waals surface area (Å²) in [5.41, 5.74) is 1.07. The van der Waals surface area contributed by atoms with E-state index in [0.29, 0.717) is 17.0 Å². The molecule has 0 saturated carbocycles. The molecule has 0 bridgehead atoms. The number of Topliss-reactive ketones (excluding diaryl/α,β-unsaturated/α-hetero) is 1. The lowest BCUT2D eigenvalue weighted by atomic mass is 10.1. The molecule has 1 heterocycles. The Kier molecular flexibility index (Phi) is 3.33. The van der Waals surface area contributed by atoms with Crippen molar-refractivity contribution in [3.8, 4) is 5.75 Å². The van der Waals surface area contributed by atoms with Gasteiger partial charge in [-0.3, -0.25) is 9.59 Å². The molecule has 0 aromatic heterocycles. The van der Waals surface area contributed by atoms with Crippen LogP contribution in [0.5, 0.6) is 5.75 Å². The highest BCUT2D eigenvalue weighted by atomic mass is 35.5. The quantitative estimate of drug-likeness (QED) is 0.664. The van der Waals surface area contributed by atoms with Crippen molar-refractivity contribution >= 4 is 29.0 Å². The van der Waals surface area contributed by atoms with E-state index in [9.17, 15) is 9.59 Å². The number of fused-ring (bicyclic) bond motifs is 1. The van der Waals surface area contributed by atoms with Crippen molar-refractivity contribution in [2.75, 3.05) is 11.2 Å². The SMILES string of the molecule is CC1Oc2ccc(C(=O)CCCl)cc2NC1=O. The molecule has 1 aliphatic heterocycles. The highest BCUT2D eigenvalue weighted by Gasteiger charge is 2.24. The summed E-state index contributed by atoms with van der Waals surface area (Å²) in [5.74, 6) is 0.616. The predicted octanol–water partition coefficient (Wildman–Crippen LogP) is 2.22. The van der Waals surface area contributed by atoms with Gasteiger partial charge >= 0.3 is 0 Å². The summed E-state index contributed by atoms with van der Waals surface area (Å²) in [6.07, 6.45) is -0.224. The Labute approximate surface area is 104 Å². The van der Waals surface area contributed by atoms with Crippen LogP contribution in [0.1, 0.15) is 23.7 Å². The Morgan fingerprint density at radius 1 is 1.53 bits per heavy atom. The fourth-order valence-electron chi connectivity index (χ4n) is 1.61. The van der Waals surface area contributed by atoms with Crippen LogP contribution in [-0.2, 0) is 4.79 Å².